The second kappa shape index (κ2) is 6.88. The molecule has 3 rings (SSSR count). The molecule has 0 atom stereocenters. The Hall–Kier alpha value is -2.60. The van der Waals surface area contributed by atoms with Crippen molar-refractivity contribution in [2.45, 2.75) is 20.3 Å². The van der Waals surface area contributed by atoms with Crippen LogP contribution in [0, 0.1) is 5.82 Å². The molecule has 0 bridgehead atoms. The summed E-state index contributed by atoms with van der Waals surface area (Å²) in [6.07, 6.45) is 2.48. The number of halogens is 1. The quantitative estimate of drug-likeness (QED) is 0.758. The van der Waals surface area contributed by atoms with E-state index in [2.05, 4.69) is 15.3 Å². The average molecular weight is 341 g/mol. The van der Waals surface area contributed by atoms with E-state index < -0.39 is 0 Å². The van der Waals surface area contributed by atoms with Crippen LogP contribution in [-0.4, -0.2) is 15.9 Å². The van der Waals surface area contributed by atoms with E-state index in [1.54, 1.807) is 29.7 Å². The van der Waals surface area contributed by atoms with Crippen molar-refractivity contribution < 1.29 is 9.18 Å². The first-order valence-electron chi connectivity index (χ1n) is 7.56. The largest absolute Gasteiger partial charge is 0.311 e. The molecule has 1 aromatic carbocycles. The van der Waals surface area contributed by atoms with Gasteiger partial charge in [0.2, 0.25) is 5.91 Å². The minimum atomic E-state index is -0.275. The third kappa shape index (κ3) is 3.49. The maximum atomic E-state index is 13.2. The van der Waals surface area contributed by atoms with E-state index in [4.69, 9.17) is 0 Å². The highest BCUT2D eigenvalue weighted by molar-refractivity contribution is 7.15. The molecule has 2 aromatic heterocycles. The van der Waals surface area contributed by atoms with Crippen molar-refractivity contribution in [3.63, 3.8) is 0 Å². The van der Waals surface area contributed by atoms with Gasteiger partial charge in [-0.2, -0.15) is 0 Å². The number of pyridine rings is 1. The second-order valence-corrected chi connectivity index (χ2v) is 6.34. The molecule has 0 saturated carbocycles. The molecular formula is C18H16FN3OS. The highest BCUT2D eigenvalue weighted by Gasteiger charge is 2.15. The summed E-state index contributed by atoms with van der Waals surface area (Å²) in [4.78, 5) is 21.0. The summed E-state index contributed by atoms with van der Waals surface area (Å²) in [7, 11) is 0. The molecular weight excluding hydrogens is 325 g/mol. The maximum Gasteiger partial charge on any atom is 0.222 e. The lowest BCUT2D eigenvalue weighted by Crippen LogP contribution is -2.07. The van der Waals surface area contributed by atoms with Crippen molar-refractivity contribution in [1.29, 1.82) is 0 Å². The second-order valence-electron chi connectivity index (χ2n) is 5.26. The Kier molecular flexibility index (Phi) is 4.66. The molecule has 0 radical (unpaired) electrons. The van der Waals surface area contributed by atoms with Gasteiger partial charge in [0, 0.05) is 18.7 Å². The van der Waals surface area contributed by atoms with E-state index in [-0.39, 0.29) is 11.7 Å². The third-order valence-electron chi connectivity index (χ3n) is 3.42. The number of nitrogens with zero attached hydrogens (tertiary/aromatic N) is 2. The Balaban J connectivity index is 2.09. The first-order chi connectivity index (χ1) is 11.6. The number of carbonyl (C=O) groups is 1. The standard InChI is InChI=1S/C18H16FN3OS/c1-3-16-22-17(12-4-6-14(19)7-5-12)18(24-16)13-8-9-20-15(10-13)21-11(2)23/h4-10H,3H2,1-2H3,(H,20,21,23). The van der Waals surface area contributed by atoms with E-state index >= 15 is 0 Å². The summed E-state index contributed by atoms with van der Waals surface area (Å²) in [5.74, 6) is 0.0524. The molecule has 0 spiro atoms. The van der Waals surface area contributed by atoms with Crippen molar-refractivity contribution >= 4 is 23.1 Å². The molecule has 3 aromatic rings. The van der Waals surface area contributed by atoms with Crippen LogP contribution in [0.3, 0.4) is 0 Å². The summed E-state index contributed by atoms with van der Waals surface area (Å²) in [5, 5.41) is 3.69. The van der Waals surface area contributed by atoms with Crippen molar-refractivity contribution in [2.24, 2.45) is 0 Å². The number of hydrogen-bond donors (Lipinski definition) is 1. The van der Waals surface area contributed by atoms with E-state index in [9.17, 15) is 9.18 Å². The van der Waals surface area contributed by atoms with Crippen LogP contribution in [0.15, 0.2) is 42.6 Å². The Bertz CT molecular complexity index is 874. The van der Waals surface area contributed by atoms with Gasteiger partial charge in [0.25, 0.3) is 0 Å². The zero-order valence-corrected chi connectivity index (χ0v) is 14.2. The van der Waals surface area contributed by atoms with Gasteiger partial charge in [0.05, 0.1) is 15.6 Å². The predicted octanol–water partition coefficient (Wildman–Crippen LogP) is 4.53. The lowest BCUT2D eigenvalue weighted by atomic mass is 10.1. The molecule has 0 saturated heterocycles. The maximum absolute atomic E-state index is 13.2. The first kappa shape index (κ1) is 16.3. The number of hydrogen-bond acceptors (Lipinski definition) is 4. The monoisotopic (exact) mass is 341 g/mol. The highest BCUT2D eigenvalue weighted by Crippen LogP contribution is 2.37. The zero-order valence-electron chi connectivity index (χ0n) is 13.3. The predicted molar refractivity (Wildman–Crippen MR) is 94.4 cm³/mol. The fourth-order valence-corrected chi connectivity index (χ4v) is 3.36. The number of benzene rings is 1. The molecule has 0 fully saturated rings. The average Bonchev–Trinajstić information content (AvgIpc) is 2.99. The van der Waals surface area contributed by atoms with Gasteiger partial charge in [-0.25, -0.2) is 14.4 Å². The third-order valence-corrected chi connectivity index (χ3v) is 4.67. The molecule has 0 unspecified atom stereocenters. The summed E-state index contributed by atoms with van der Waals surface area (Å²) in [5.41, 5.74) is 2.60. The topological polar surface area (TPSA) is 54.9 Å². The van der Waals surface area contributed by atoms with Crippen molar-refractivity contribution in [3.05, 3.63) is 53.4 Å². The number of aromatic nitrogens is 2. The molecule has 0 aliphatic rings. The van der Waals surface area contributed by atoms with Gasteiger partial charge in [-0.1, -0.05) is 6.92 Å². The molecule has 1 N–H and O–H groups in total. The number of anilines is 1. The number of aryl methyl sites for hydroxylation is 1. The van der Waals surface area contributed by atoms with Crippen LogP contribution in [-0.2, 0) is 11.2 Å². The Morgan fingerprint density at radius 3 is 2.62 bits per heavy atom. The lowest BCUT2D eigenvalue weighted by molar-refractivity contribution is -0.114. The van der Waals surface area contributed by atoms with Crippen LogP contribution in [0.5, 0.6) is 0 Å². The molecule has 2 heterocycles. The van der Waals surface area contributed by atoms with E-state index in [0.29, 0.717) is 5.82 Å². The van der Waals surface area contributed by atoms with E-state index in [0.717, 1.165) is 33.1 Å². The van der Waals surface area contributed by atoms with Gasteiger partial charge in [0.1, 0.15) is 11.6 Å². The SMILES string of the molecule is CCc1nc(-c2ccc(F)cc2)c(-c2ccnc(NC(C)=O)c2)s1. The Labute approximate surface area is 143 Å². The van der Waals surface area contributed by atoms with Gasteiger partial charge >= 0.3 is 0 Å². The summed E-state index contributed by atoms with van der Waals surface area (Å²) >= 11 is 1.59. The first-order valence-corrected chi connectivity index (χ1v) is 8.38. The van der Waals surface area contributed by atoms with Crippen LogP contribution in [0.2, 0.25) is 0 Å². The minimum absolute atomic E-state index is 0.169. The molecule has 0 aliphatic carbocycles. The number of amides is 1. The zero-order chi connectivity index (χ0) is 17.1. The summed E-state index contributed by atoms with van der Waals surface area (Å²) in [6.45, 7) is 3.49. The van der Waals surface area contributed by atoms with Gasteiger partial charge in [-0.3, -0.25) is 4.79 Å². The normalized spacial score (nSPS) is 10.6. The lowest BCUT2D eigenvalue weighted by Gasteiger charge is -2.05. The smallest absolute Gasteiger partial charge is 0.222 e. The van der Waals surface area contributed by atoms with Crippen LogP contribution in [0.1, 0.15) is 18.9 Å². The van der Waals surface area contributed by atoms with Crippen molar-refractivity contribution in [1.82, 2.24) is 9.97 Å². The Morgan fingerprint density at radius 2 is 1.96 bits per heavy atom. The molecule has 24 heavy (non-hydrogen) atoms. The number of carbonyl (C=O) groups excluding carboxylic acids is 1. The number of rotatable bonds is 4. The number of nitrogens with one attached hydrogen (secondary N) is 1. The van der Waals surface area contributed by atoms with Gasteiger partial charge in [-0.15, -0.1) is 11.3 Å². The molecule has 4 nitrogen and oxygen atoms in total. The van der Waals surface area contributed by atoms with Gasteiger partial charge < -0.3 is 5.32 Å². The van der Waals surface area contributed by atoms with Gasteiger partial charge in [-0.05, 0) is 48.4 Å². The fourth-order valence-electron chi connectivity index (χ4n) is 2.34. The number of thiazole rings is 1. The molecule has 1 amide bonds. The fraction of sp³-hybridized carbons (Fsp3) is 0.167. The van der Waals surface area contributed by atoms with Crippen molar-refractivity contribution in [2.75, 3.05) is 5.32 Å². The minimum Gasteiger partial charge on any atom is -0.311 e. The van der Waals surface area contributed by atoms with E-state index in [1.807, 2.05) is 19.1 Å². The van der Waals surface area contributed by atoms with Crippen LogP contribution < -0.4 is 5.32 Å². The highest BCUT2D eigenvalue weighted by atomic mass is 32.1. The summed E-state index contributed by atoms with van der Waals surface area (Å²) < 4.78 is 13.2. The van der Waals surface area contributed by atoms with Crippen LogP contribution in [0.25, 0.3) is 21.7 Å². The molecule has 122 valence electrons. The van der Waals surface area contributed by atoms with Crippen LogP contribution >= 0.6 is 11.3 Å². The van der Waals surface area contributed by atoms with Crippen LogP contribution in [0.4, 0.5) is 10.2 Å². The van der Waals surface area contributed by atoms with Crippen molar-refractivity contribution in [3.8, 4) is 21.7 Å². The van der Waals surface area contributed by atoms with Gasteiger partial charge in [0.15, 0.2) is 0 Å². The Morgan fingerprint density at radius 1 is 1.21 bits per heavy atom. The van der Waals surface area contributed by atoms with E-state index in [1.165, 1.54) is 19.1 Å². The molecule has 0 aliphatic heterocycles. The summed E-state index contributed by atoms with van der Waals surface area (Å²) in [6, 6.07) is 10.0. The molecule has 6 heteroatoms.